The Balaban J connectivity index is 1.14. The van der Waals surface area contributed by atoms with Crippen molar-refractivity contribution < 1.29 is 14.0 Å². The van der Waals surface area contributed by atoms with E-state index in [-0.39, 0.29) is 17.6 Å². The van der Waals surface area contributed by atoms with Crippen molar-refractivity contribution in [3.8, 4) is 0 Å². The van der Waals surface area contributed by atoms with E-state index in [1.165, 1.54) is 17.4 Å². The molecule has 1 aliphatic heterocycles. The molecule has 7 heteroatoms. The fourth-order valence-corrected chi connectivity index (χ4v) is 3.99. The average Bonchev–Trinajstić information content (AvgIpc) is 3.43. The van der Waals surface area contributed by atoms with E-state index >= 15 is 0 Å². The number of carbonyl (C=O) groups excluding carboxylic acids is 2. The summed E-state index contributed by atoms with van der Waals surface area (Å²) in [5, 5.41) is 5.64. The summed E-state index contributed by atoms with van der Waals surface area (Å²) in [4.78, 5) is 31.5. The number of rotatable bonds is 6. The average molecular weight is 453 g/mol. The van der Waals surface area contributed by atoms with Gasteiger partial charge in [-0.1, -0.05) is 30.3 Å². The van der Waals surface area contributed by atoms with Crippen LogP contribution in [0.1, 0.15) is 37.6 Å². The first kappa shape index (κ1) is 21.5. The molecule has 0 aliphatic carbocycles. The third-order valence-corrected chi connectivity index (χ3v) is 5.87. The molecule has 5 rings (SSSR count). The van der Waals surface area contributed by atoms with Crippen LogP contribution in [0.3, 0.4) is 0 Å². The summed E-state index contributed by atoms with van der Waals surface area (Å²) >= 11 is 0. The summed E-state index contributed by atoms with van der Waals surface area (Å²) in [6, 6.07) is 22.5. The standard InChI is InChI=1S/C27H24N4O3/c32-26(21-8-10-23(11-9-21)30-27(33)24-6-3-15-34-24)29-17-19-7-12-25(28-16-19)31-14-13-20-4-1-2-5-22(20)18-31/h1-12,15-16H,13-14,17-18H2,(H,29,32)(H,30,33). The number of aromatic nitrogens is 1. The third kappa shape index (κ3) is 4.83. The molecule has 0 fully saturated rings. The minimum atomic E-state index is -0.341. The third-order valence-electron chi connectivity index (χ3n) is 5.87. The molecule has 0 atom stereocenters. The van der Waals surface area contributed by atoms with Crippen molar-refractivity contribution in [1.29, 1.82) is 0 Å². The second kappa shape index (κ2) is 9.62. The van der Waals surface area contributed by atoms with Crippen molar-refractivity contribution >= 4 is 23.3 Å². The molecule has 0 saturated carbocycles. The summed E-state index contributed by atoms with van der Waals surface area (Å²) in [5.74, 6) is 0.635. The maximum absolute atomic E-state index is 12.5. The molecule has 2 N–H and O–H groups in total. The highest BCUT2D eigenvalue weighted by Crippen LogP contribution is 2.23. The number of nitrogens with zero attached hydrogens (tertiary/aromatic N) is 2. The second-order valence-corrected chi connectivity index (χ2v) is 8.16. The predicted octanol–water partition coefficient (Wildman–Crippen LogP) is 4.42. The number of nitrogens with one attached hydrogen (secondary N) is 2. The number of benzene rings is 2. The van der Waals surface area contributed by atoms with E-state index in [1.54, 1.807) is 36.4 Å². The van der Waals surface area contributed by atoms with Crippen LogP contribution in [-0.2, 0) is 19.5 Å². The molecule has 0 radical (unpaired) electrons. The monoisotopic (exact) mass is 452 g/mol. The number of furan rings is 1. The Bertz CT molecular complexity index is 1280. The lowest BCUT2D eigenvalue weighted by atomic mass is 10.00. The van der Waals surface area contributed by atoms with E-state index in [2.05, 4.69) is 44.8 Å². The molecule has 34 heavy (non-hydrogen) atoms. The van der Waals surface area contributed by atoms with Crippen LogP contribution >= 0.6 is 0 Å². The minimum Gasteiger partial charge on any atom is -0.459 e. The van der Waals surface area contributed by atoms with Crippen LogP contribution in [0.5, 0.6) is 0 Å². The number of anilines is 2. The fraction of sp³-hybridized carbons (Fsp3) is 0.148. The van der Waals surface area contributed by atoms with Gasteiger partial charge in [0.2, 0.25) is 0 Å². The Hall–Kier alpha value is -4.39. The van der Waals surface area contributed by atoms with Gasteiger partial charge in [0.15, 0.2) is 5.76 Å². The number of hydrogen-bond donors (Lipinski definition) is 2. The van der Waals surface area contributed by atoms with Crippen LogP contribution in [0.15, 0.2) is 89.7 Å². The van der Waals surface area contributed by atoms with Gasteiger partial charge in [-0.15, -0.1) is 0 Å². The molecule has 1 aliphatic rings. The first-order valence-corrected chi connectivity index (χ1v) is 11.2. The molecule has 2 amide bonds. The molecule has 2 aromatic heterocycles. The van der Waals surface area contributed by atoms with Gasteiger partial charge in [-0.2, -0.15) is 0 Å². The van der Waals surface area contributed by atoms with Crippen molar-refractivity contribution in [3.05, 3.63) is 113 Å². The number of hydrogen-bond acceptors (Lipinski definition) is 5. The predicted molar refractivity (Wildman–Crippen MR) is 130 cm³/mol. The lowest BCUT2D eigenvalue weighted by Gasteiger charge is -2.29. The summed E-state index contributed by atoms with van der Waals surface area (Å²) in [6.07, 6.45) is 4.27. The van der Waals surface area contributed by atoms with E-state index in [1.807, 2.05) is 18.3 Å². The van der Waals surface area contributed by atoms with Gasteiger partial charge in [-0.3, -0.25) is 9.59 Å². The Morgan fingerprint density at radius 1 is 0.912 bits per heavy atom. The highest BCUT2D eigenvalue weighted by molar-refractivity contribution is 6.02. The van der Waals surface area contributed by atoms with Crippen molar-refractivity contribution in [2.75, 3.05) is 16.8 Å². The number of carbonyl (C=O) groups is 2. The second-order valence-electron chi connectivity index (χ2n) is 8.16. The summed E-state index contributed by atoms with van der Waals surface area (Å²) in [7, 11) is 0. The van der Waals surface area contributed by atoms with E-state index < -0.39 is 0 Å². The van der Waals surface area contributed by atoms with Crippen LogP contribution < -0.4 is 15.5 Å². The quantitative estimate of drug-likeness (QED) is 0.452. The van der Waals surface area contributed by atoms with E-state index in [0.29, 0.717) is 17.8 Å². The SMILES string of the molecule is O=C(NCc1ccc(N2CCc3ccccc3C2)nc1)c1ccc(NC(=O)c2ccco2)cc1. The van der Waals surface area contributed by atoms with E-state index in [4.69, 9.17) is 4.42 Å². The Morgan fingerprint density at radius 3 is 2.47 bits per heavy atom. The zero-order valence-corrected chi connectivity index (χ0v) is 18.5. The van der Waals surface area contributed by atoms with Crippen molar-refractivity contribution in [2.24, 2.45) is 0 Å². The Morgan fingerprint density at radius 2 is 1.74 bits per heavy atom. The molecule has 0 spiro atoms. The highest BCUT2D eigenvalue weighted by atomic mass is 16.3. The number of fused-ring (bicyclic) bond motifs is 1. The van der Waals surface area contributed by atoms with Gasteiger partial charge in [-0.25, -0.2) is 4.98 Å². The molecule has 170 valence electrons. The first-order chi connectivity index (χ1) is 16.7. The summed E-state index contributed by atoms with van der Waals surface area (Å²) in [6.45, 7) is 2.18. The van der Waals surface area contributed by atoms with Gasteiger partial charge in [0.25, 0.3) is 11.8 Å². The van der Waals surface area contributed by atoms with Gasteiger partial charge >= 0.3 is 0 Å². The Labute approximate surface area is 197 Å². The highest BCUT2D eigenvalue weighted by Gasteiger charge is 2.17. The Kier molecular flexibility index (Phi) is 6.07. The molecule has 4 aromatic rings. The zero-order chi connectivity index (χ0) is 23.3. The van der Waals surface area contributed by atoms with Crippen LogP contribution in [0, 0.1) is 0 Å². The maximum atomic E-state index is 12.5. The van der Waals surface area contributed by atoms with Crippen molar-refractivity contribution in [1.82, 2.24) is 10.3 Å². The first-order valence-electron chi connectivity index (χ1n) is 11.2. The fourth-order valence-electron chi connectivity index (χ4n) is 3.99. The van der Waals surface area contributed by atoms with Crippen LogP contribution in [-0.4, -0.2) is 23.3 Å². The van der Waals surface area contributed by atoms with Crippen molar-refractivity contribution in [3.63, 3.8) is 0 Å². The lowest BCUT2D eigenvalue weighted by molar-refractivity contribution is 0.0950. The van der Waals surface area contributed by atoms with E-state index in [0.717, 1.165) is 30.9 Å². The number of pyridine rings is 1. The normalized spacial score (nSPS) is 12.6. The molecular formula is C27H24N4O3. The largest absolute Gasteiger partial charge is 0.459 e. The van der Waals surface area contributed by atoms with Crippen molar-refractivity contribution in [2.45, 2.75) is 19.5 Å². The van der Waals surface area contributed by atoms with Crippen LogP contribution in [0.25, 0.3) is 0 Å². The molecule has 7 nitrogen and oxygen atoms in total. The van der Waals surface area contributed by atoms with Gasteiger partial charge < -0.3 is 20.0 Å². The van der Waals surface area contributed by atoms with Crippen LogP contribution in [0.2, 0.25) is 0 Å². The minimum absolute atomic E-state index is 0.194. The smallest absolute Gasteiger partial charge is 0.291 e. The maximum Gasteiger partial charge on any atom is 0.291 e. The van der Waals surface area contributed by atoms with Gasteiger partial charge in [0, 0.05) is 37.1 Å². The molecular weight excluding hydrogens is 428 g/mol. The molecule has 0 saturated heterocycles. The van der Waals surface area contributed by atoms with Gasteiger partial charge in [0.1, 0.15) is 5.82 Å². The molecule has 3 heterocycles. The summed E-state index contributed by atoms with van der Waals surface area (Å²) < 4.78 is 5.08. The van der Waals surface area contributed by atoms with Gasteiger partial charge in [-0.05, 0) is 65.6 Å². The molecule has 0 unspecified atom stereocenters. The zero-order valence-electron chi connectivity index (χ0n) is 18.5. The van der Waals surface area contributed by atoms with Gasteiger partial charge in [0.05, 0.1) is 6.26 Å². The van der Waals surface area contributed by atoms with Crippen LogP contribution in [0.4, 0.5) is 11.5 Å². The van der Waals surface area contributed by atoms with E-state index in [9.17, 15) is 9.59 Å². The topological polar surface area (TPSA) is 87.5 Å². The number of amides is 2. The molecule has 0 bridgehead atoms. The summed E-state index contributed by atoms with van der Waals surface area (Å²) in [5.41, 5.74) is 4.77. The lowest BCUT2D eigenvalue weighted by Crippen LogP contribution is -2.31. The molecule has 2 aromatic carbocycles.